The summed E-state index contributed by atoms with van der Waals surface area (Å²) in [6, 6.07) is 0. The van der Waals surface area contributed by atoms with E-state index in [0.717, 1.165) is 5.92 Å². The Hall–Kier alpha value is 0.130. The maximum absolute atomic E-state index is 2.42. The Balaban J connectivity index is 4.70. The van der Waals surface area contributed by atoms with Gasteiger partial charge in [-0.15, -0.1) is 0 Å². The fourth-order valence-electron chi connectivity index (χ4n) is 1.86. The zero-order valence-corrected chi connectivity index (χ0v) is 9.99. The molecule has 0 radical (unpaired) electrons. The van der Waals surface area contributed by atoms with Crippen LogP contribution in [0, 0.1) is 11.3 Å². The van der Waals surface area contributed by atoms with Crippen molar-refractivity contribution in [3.63, 3.8) is 0 Å². The van der Waals surface area contributed by atoms with Gasteiger partial charge in [0.05, 0.1) is 0 Å². The van der Waals surface area contributed by atoms with E-state index in [1.165, 1.54) is 12.8 Å². The minimum absolute atomic E-state index is 0.455. The number of hydrogen-bond acceptors (Lipinski definition) is 0. The molecule has 0 aromatic heterocycles. The molecular weight excluding hydrogens is 142 g/mol. The Labute approximate surface area is 80.3 Å². The van der Waals surface area contributed by atoms with E-state index in [-0.39, 0.29) is 0 Å². The standard InChI is InChI=1S/C10H24B2/c1-6-9(5,7-2)10(11,12)8(3)4/h8H,6-7,11-12H2,1-5H3. The van der Waals surface area contributed by atoms with Crippen molar-refractivity contribution in [3.8, 4) is 0 Å². The van der Waals surface area contributed by atoms with Crippen LogP contribution in [0.25, 0.3) is 0 Å². The Bertz CT molecular complexity index is 132. The normalized spacial score (nSPS) is 13.8. The van der Waals surface area contributed by atoms with Crippen molar-refractivity contribution in [1.82, 2.24) is 0 Å². The van der Waals surface area contributed by atoms with Crippen LogP contribution in [-0.4, -0.2) is 15.7 Å². The molecule has 0 rings (SSSR count). The molecule has 0 saturated heterocycles. The molecule has 0 aliphatic heterocycles. The van der Waals surface area contributed by atoms with E-state index < -0.39 is 0 Å². The minimum atomic E-state index is 0.455. The molecule has 0 spiro atoms. The molecule has 70 valence electrons. The quantitative estimate of drug-likeness (QED) is 0.559. The maximum atomic E-state index is 2.42. The lowest BCUT2D eigenvalue weighted by Crippen LogP contribution is -2.38. The number of rotatable bonds is 4. The third-order valence-electron chi connectivity index (χ3n) is 4.56. The highest BCUT2D eigenvalue weighted by atomic mass is 14.4. The van der Waals surface area contributed by atoms with E-state index in [9.17, 15) is 0 Å². The molecule has 0 N–H and O–H groups in total. The van der Waals surface area contributed by atoms with Crippen LogP contribution >= 0.6 is 0 Å². The van der Waals surface area contributed by atoms with Crippen molar-refractivity contribution in [1.29, 1.82) is 0 Å². The molecular formula is C10H24B2. The van der Waals surface area contributed by atoms with Gasteiger partial charge in [-0.05, 0) is 5.41 Å². The molecule has 0 bridgehead atoms. The number of hydrogen-bond donors (Lipinski definition) is 0. The fourth-order valence-corrected chi connectivity index (χ4v) is 1.86. The van der Waals surface area contributed by atoms with E-state index >= 15 is 0 Å². The van der Waals surface area contributed by atoms with Gasteiger partial charge in [-0.2, -0.15) is 0 Å². The molecule has 0 amide bonds. The van der Waals surface area contributed by atoms with Crippen molar-refractivity contribution in [2.24, 2.45) is 11.3 Å². The van der Waals surface area contributed by atoms with Crippen molar-refractivity contribution < 1.29 is 0 Å². The molecule has 0 aliphatic carbocycles. The lowest BCUT2D eigenvalue weighted by Gasteiger charge is -2.47. The lowest BCUT2D eigenvalue weighted by atomic mass is 9.37. The van der Waals surface area contributed by atoms with Gasteiger partial charge >= 0.3 is 0 Å². The summed E-state index contributed by atoms with van der Waals surface area (Å²) in [7, 11) is 4.81. The Morgan fingerprint density at radius 2 is 1.42 bits per heavy atom. The summed E-state index contributed by atoms with van der Waals surface area (Å²) in [5.41, 5.74) is 0.501. The van der Waals surface area contributed by atoms with Gasteiger partial charge in [-0.3, -0.25) is 0 Å². The molecule has 0 fully saturated rings. The van der Waals surface area contributed by atoms with E-state index in [1.807, 2.05) is 0 Å². The summed E-state index contributed by atoms with van der Waals surface area (Å²) in [5, 5.41) is 0.455. The van der Waals surface area contributed by atoms with Crippen molar-refractivity contribution in [2.45, 2.75) is 52.7 Å². The predicted molar refractivity (Wildman–Crippen MR) is 63.3 cm³/mol. The topological polar surface area (TPSA) is 0 Å². The van der Waals surface area contributed by atoms with Crippen molar-refractivity contribution >= 4 is 15.7 Å². The smallest absolute Gasteiger partial charge is 0.0772 e. The minimum Gasteiger partial charge on any atom is -0.0772 e. The molecule has 0 aliphatic rings. The van der Waals surface area contributed by atoms with Gasteiger partial charge in [-0.25, -0.2) is 0 Å². The Morgan fingerprint density at radius 1 is 1.08 bits per heavy atom. The van der Waals surface area contributed by atoms with Gasteiger partial charge in [0.15, 0.2) is 0 Å². The van der Waals surface area contributed by atoms with Gasteiger partial charge in [0, 0.05) is 0 Å². The molecule has 12 heavy (non-hydrogen) atoms. The van der Waals surface area contributed by atoms with E-state index in [4.69, 9.17) is 0 Å². The summed E-state index contributed by atoms with van der Waals surface area (Å²) in [5.74, 6) is 0.766. The van der Waals surface area contributed by atoms with E-state index in [0.29, 0.717) is 10.6 Å². The highest BCUT2D eigenvalue weighted by molar-refractivity contribution is 6.40. The lowest BCUT2D eigenvalue weighted by molar-refractivity contribution is 0.207. The summed E-state index contributed by atoms with van der Waals surface area (Å²) in [4.78, 5) is 0. The summed E-state index contributed by atoms with van der Waals surface area (Å²) in [6.45, 7) is 11.7. The second-order valence-corrected chi connectivity index (χ2v) is 5.14. The molecule has 0 saturated carbocycles. The Kier molecular flexibility index (Phi) is 3.93. The van der Waals surface area contributed by atoms with Gasteiger partial charge in [0.1, 0.15) is 15.7 Å². The van der Waals surface area contributed by atoms with Crippen LogP contribution in [0.1, 0.15) is 47.5 Å². The third kappa shape index (κ3) is 1.89. The van der Waals surface area contributed by atoms with Crippen molar-refractivity contribution in [3.05, 3.63) is 0 Å². The predicted octanol–water partition coefficient (Wildman–Crippen LogP) is 1.85. The van der Waals surface area contributed by atoms with Crippen LogP contribution in [0.15, 0.2) is 0 Å². The maximum Gasteiger partial charge on any atom is 0.100 e. The van der Waals surface area contributed by atoms with Crippen LogP contribution in [-0.2, 0) is 0 Å². The molecule has 0 aromatic carbocycles. The van der Waals surface area contributed by atoms with E-state index in [1.54, 1.807) is 0 Å². The molecule has 0 heterocycles. The third-order valence-corrected chi connectivity index (χ3v) is 4.56. The van der Waals surface area contributed by atoms with Crippen LogP contribution in [0.3, 0.4) is 0 Å². The SMILES string of the molecule is BC(B)(C(C)C)C(C)(CC)CC. The summed E-state index contributed by atoms with van der Waals surface area (Å²) < 4.78 is 0. The first-order chi connectivity index (χ1) is 5.31. The van der Waals surface area contributed by atoms with Gasteiger partial charge in [0.2, 0.25) is 0 Å². The van der Waals surface area contributed by atoms with Crippen LogP contribution in [0.2, 0.25) is 5.21 Å². The highest BCUT2D eigenvalue weighted by Crippen LogP contribution is 2.50. The zero-order valence-electron chi connectivity index (χ0n) is 9.99. The van der Waals surface area contributed by atoms with E-state index in [2.05, 4.69) is 50.3 Å². The molecule has 0 atom stereocenters. The zero-order chi connectivity index (χ0) is 9.99. The fraction of sp³-hybridized carbons (Fsp3) is 1.00. The summed E-state index contributed by atoms with van der Waals surface area (Å²) >= 11 is 0. The average molecular weight is 166 g/mol. The average Bonchev–Trinajstić information content (AvgIpc) is 2.02. The first-order valence-corrected chi connectivity index (χ1v) is 5.31. The van der Waals surface area contributed by atoms with Gasteiger partial charge in [0.25, 0.3) is 0 Å². The molecule has 0 nitrogen and oxygen atoms in total. The molecule has 0 aromatic rings. The second kappa shape index (κ2) is 3.89. The van der Waals surface area contributed by atoms with Gasteiger partial charge in [-0.1, -0.05) is 58.6 Å². The van der Waals surface area contributed by atoms with Crippen LogP contribution in [0.4, 0.5) is 0 Å². The van der Waals surface area contributed by atoms with Gasteiger partial charge < -0.3 is 0 Å². The summed E-state index contributed by atoms with van der Waals surface area (Å²) in [6.07, 6.45) is 2.57. The van der Waals surface area contributed by atoms with Crippen LogP contribution < -0.4 is 0 Å². The highest BCUT2D eigenvalue weighted by Gasteiger charge is 2.39. The molecule has 2 heteroatoms. The van der Waals surface area contributed by atoms with Crippen molar-refractivity contribution in [2.75, 3.05) is 0 Å². The first-order valence-electron chi connectivity index (χ1n) is 5.31. The molecule has 0 unspecified atom stereocenters. The second-order valence-electron chi connectivity index (χ2n) is 5.14. The monoisotopic (exact) mass is 166 g/mol. The largest absolute Gasteiger partial charge is 0.100 e. The Morgan fingerprint density at radius 3 is 1.50 bits per heavy atom. The first kappa shape index (κ1) is 12.1. The van der Waals surface area contributed by atoms with Crippen LogP contribution in [0.5, 0.6) is 0 Å².